The molecule has 0 amide bonds. The fraction of sp³-hybridized carbons (Fsp3) is 0.917. The van der Waals surface area contributed by atoms with Crippen LogP contribution in [-0.4, -0.2) is 48.2 Å². The first kappa shape index (κ1) is 13.5. The Kier molecular flexibility index (Phi) is 5.77. The van der Waals surface area contributed by atoms with Crippen molar-refractivity contribution >= 4 is 5.97 Å². The number of rotatable bonds is 6. The fourth-order valence-electron chi connectivity index (χ4n) is 2.18. The van der Waals surface area contributed by atoms with Crippen molar-refractivity contribution in [3.63, 3.8) is 0 Å². The van der Waals surface area contributed by atoms with E-state index in [9.17, 15) is 4.79 Å². The molecular weight excluding hydrogens is 204 g/mol. The van der Waals surface area contributed by atoms with Crippen molar-refractivity contribution in [2.24, 2.45) is 5.92 Å². The smallest absolute Gasteiger partial charge is 0.320 e. The number of carbonyl (C=O) groups is 1. The molecule has 4 heteroatoms. The van der Waals surface area contributed by atoms with Gasteiger partial charge in [-0.15, -0.1) is 0 Å². The Labute approximate surface area is 98.0 Å². The second-order valence-electron chi connectivity index (χ2n) is 4.70. The topological polar surface area (TPSA) is 52.6 Å². The molecule has 1 atom stereocenters. The van der Waals surface area contributed by atoms with Crippen molar-refractivity contribution in [2.75, 3.05) is 26.2 Å². The summed E-state index contributed by atoms with van der Waals surface area (Å²) in [6, 6.07) is -0.329. The minimum Gasteiger partial charge on any atom is -0.480 e. The second kappa shape index (κ2) is 6.86. The number of carboxylic acids is 1. The Bertz CT molecular complexity index is 213. The number of aliphatic carboxylic acids is 1. The molecular formula is C12H24N2O2. The molecule has 1 heterocycles. The molecule has 1 aliphatic heterocycles. The predicted octanol–water partition coefficient (Wildman–Crippen LogP) is 1.17. The summed E-state index contributed by atoms with van der Waals surface area (Å²) in [5, 5.41) is 12.4. The van der Waals surface area contributed by atoms with E-state index in [2.05, 4.69) is 17.1 Å². The Morgan fingerprint density at radius 3 is 2.62 bits per heavy atom. The van der Waals surface area contributed by atoms with Crippen molar-refractivity contribution in [2.45, 2.75) is 39.2 Å². The maximum Gasteiger partial charge on any atom is 0.320 e. The van der Waals surface area contributed by atoms with Crippen LogP contribution in [0.1, 0.15) is 33.1 Å². The largest absolute Gasteiger partial charge is 0.480 e. The number of nitrogens with one attached hydrogen (secondary N) is 1. The maximum atomic E-state index is 10.8. The summed E-state index contributed by atoms with van der Waals surface area (Å²) < 4.78 is 0. The average Bonchev–Trinajstić information content (AvgIpc) is 2.29. The van der Waals surface area contributed by atoms with Crippen LogP contribution in [0.5, 0.6) is 0 Å². The van der Waals surface area contributed by atoms with Crippen molar-refractivity contribution in [1.82, 2.24) is 10.2 Å². The Morgan fingerprint density at radius 2 is 2.12 bits per heavy atom. The van der Waals surface area contributed by atoms with Crippen molar-refractivity contribution in [3.8, 4) is 0 Å². The lowest BCUT2D eigenvalue weighted by molar-refractivity contribution is -0.143. The lowest BCUT2D eigenvalue weighted by atomic mass is 9.96. The Morgan fingerprint density at radius 1 is 1.50 bits per heavy atom. The van der Waals surface area contributed by atoms with Gasteiger partial charge in [-0.3, -0.25) is 9.69 Å². The van der Waals surface area contributed by atoms with E-state index in [4.69, 9.17) is 5.11 Å². The SMILES string of the molecule is CCCNCC1CCN(C(C)C(=O)O)CC1. The van der Waals surface area contributed by atoms with Crippen LogP contribution in [0.2, 0.25) is 0 Å². The van der Waals surface area contributed by atoms with Crippen molar-refractivity contribution in [3.05, 3.63) is 0 Å². The molecule has 0 aromatic carbocycles. The quantitative estimate of drug-likeness (QED) is 0.670. The highest BCUT2D eigenvalue weighted by atomic mass is 16.4. The first-order valence-corrected chi connectivity index (χ1v) is 6.32. The zero-order chi connectivity index (χ0) is 12.0. The third-order valence-corrected chi connectivity index (χ3v) is 3.41. The Hall–Kier alpha value is -0.610. The van der Waals surface area contributed by atoms with Gasteiger partial charge < -0.3 is 10.4 Å². The molecule has 94 valence electrons. The van der Waals surface area contributed by atoms with Crippen LogP contribution in [0.4, 0.5) is 0 Å². The number of hydrogen-bond acceptors (Lipinski definition) is 3. The lowest BCUT2D eigenvalue weighted by Crippen LogP contribution is -2.45. The molecule has 0 aromatic rings. The molecule has 0 saturated carbocycles. The number of piperidine rings is 1. The summed E-state index contributed by atoms with van der Waals surface area (Å²) >= 11 is 0. The average molecular weight is 228 g/mol. The van der Waals surface area contributed by atoms with Crippen LogP contribution in [0, 0.1) is 5.92 Å². The monoisotopic (exact) mass is 228 g/mol. The molecule has 4 nitrogen and oxygen atoms in total. The van der Waals surface area contributed by atoms with E-state index in [1.54, 1.807) is 6.92 Å². The minimum absolute atomic E-state index is 0.329. The zero-order valence-corrected chi connectivity index (χ0v) is 10.4. The first-order chi connectivity index (χ1) is 7.65. The predicted molar refractivity (Wildman–Crippen MR) is 64.6 cm³/mol. The zero-order valence-electron chi connectivity index (χ0n) is 10.4. The van der Waals surface area contributed by atoms with Gasteiger partial charge in [0.05, 0.1) is 0 Å². The van der Waals surface area contributed by atoms with Gasteiger partial charge in [0.1, 0.15) is 6.04 Å². The highest BCUT2D eigenvalue weighted by molar-refractivity contribution is 5.72. The molecule has 0 bridgehead atoms. The van der Waals surface area contributed by atoms with E-state index in [-0.39, 0.29) is 6.04 Å². The van der Waals surface area contributed by atoms with Crippen molar-refractivity contribution < 1.29 is 9.90 Å². The molecule has 0 spiro atoms. The van der Waals surface area contributed by atoms with Gasteiger partial charge in [0, 0.05) is 0 Å². The summed E-state index contributed by atoms with van der Waals surface area (Å²) in [7, 11) is 0. The number of likely N-dealkylation sites (tertiary alicyclic amines) is 1. The van der Waals surface area contributed by atoms with Gasteiger partial charge in [-0.05, 0) is 58.3 Å². The maximum absolute atomic E-state index is 10.8. The third kappa shape index (κ3) is 4.10. The highest BCUT2D eigenvalue weighted by Gasteiger charge is 2.25. The summed E-state index contributed by atoms with van der Waals surface area (Å²) in [6.45, 7) is 7.97. The van der Waals surface area contributed by atoms with Crippen LogP contribution >= 0.6 is 0 Å². The number of carboxylic acid groups (broad SMARTS) is 1. The van der Waals surface area contributed by atoms with Gasteiger partial charge in [0.15, 0.2) is 0 Å². The summed E-state index contributed by atoms with van der Waals surface area (Å²) in [4.78, 5) is 12.9. The molecule has 1 aliphatic rings. The second-order valence-corrected chi connectivity index (χ2v) is 4.70. The van der Waals surface area contributed by atoms with Gasteiger partial charge in [-0.1, -0.05) is 6.92 Å². The van der Waals surface area contributed by atoms with Gasteiger partial charge >= 0.3 is 5.97 Å². The van der Waals surface area contributed by atoms with E-state index in [0.717, 1.165) is 44.9 Å². The van der Waals surface area contributed by atoms with E-state index in [1.165, 1.54) is 6.42 Å². The fourth-order valence-corrected chi connectivity index (χ4v) is 2.18. The Balaban J connectivity index is 2.20. The van der Waals surface area contributed by atoms with E-state index >= 15 is 0 Å². The molecule has 0 aromatic heterocycles. The van der Waals surface area contributed by atoms with Crippen LogP contribution in [0.3, 0.4) is 0 Å². The number of hydrogen-bond donors (Lipinski definition) is 2. The molecule has 2 N–H and O–H groups in total. The summed E-state index contributed by atoms with van der Waals surface area (Å²) in [5.74, 6) is 0.0198. The molecule has 1 rings (SSSR count). The van der Waals surface area contributed by atoms with E-state index in [1.807, 2.05) is 0 Å². The van der Waals surface area contributed by atoms with Crippen LogP contribution in [-0.2, 0) is 4.79 Å². The molecule has 1 fully saturated rings. The highest BCUT2D eigenvalue weighted by Crippen LogP contribution is 2.18. The van der Waals surface area contributed by atoms with Crippen molar-refractivity contribution in [1.29, 1.82) is 0 Å². The van der Waals surface area contributed by atoms with Gasteiger partial charge in [-0.25, -0.2) is 0 Å². The van der Waals surface area contributed by atoms with E-state index in [0.29, 0.717) is 0 Å². The molecule has 0 aliphatic carbocycles. The van der Waals surface area contributed by atoms with Crippen LogP contribution < -0.4 is 5.32 Å². The third-order valence-electron chi connectivity index (χ3n) is 3.41. The van der Waals surface area contributed by atoms with Gasteiger partial charge in [0.25, 0.3) is 0 Å². The minimum atomic E-state index is -0.706. The lowest BCUT2D eigenvalue weighted by Gasteiger charge is -2.34. The molecule has 0 radical (unpaired) electrons. The molecule has 1 saturated heterocycles. The van der Waals surface area contributed by atoms with Gasteiger partial charge in [-0.2, -0.15) is 0 Å². The van der Waals surface area contributed by atoms with Crippen LogP contribution in [0.25, 0.3) is 0 Å². The standard InChI is InChI=1S/C12H24N2O2/c1-3-6-13-9-11-4-7-14(8-5-11)10(2)12(15)16/h10-11,13H,3-9H2,1-2H3,(H,15,16). The van der Waals surface area contributed by atoms with Crippen LogP contribution in [0.15, 0.2) is 0 Å². The number of nitrogens with zero attached hydrogens (tertiary/aromatic N) is 1. The normalized spacial score (nSPS) is 20.9. The molecule has 1 unspecified atom stereocenters. The molecule has 16 heavy (non-hydrogen) atoms. The van der Waals surface area contributed by atoms with E-state index < -0.39 is 5.97 Å². The summed E-state index contributed by atoms with van der Waals surface area (Å²) in [6.07, 6.45) is 3.41. The first-order valence-electron chi connectivity index (χ1n) is 6.32. The summed E-state index contributed by atoms with van der Waals surface area (Å²) in [5.41, 5.74) is 0. The van der Waals surface area contributed by atoms with Gasteiger partial charge in [0.2, 0.25) is 0 Å².